The molecule has 3 nitrogen and oxygen atoms in total. The fourth-order valence-electron chi connectivity index (χ4n) is 1.65. The van der Waals surface area contributed by atoms with Gasteiger partial charge in [-0.3, -0.25) is 0 Å². The van der Waals surface area contributed by atoms with Crippen molar-refractivity contribution < 1.29 is 14.6 Å². The highest BCUT2D eigenvalue weighted by Gasteiger charge is 2.24. The van der Waals surface area contributed by atoms with E-state index in [1.807, 2.05) is 0 Å². The second-order valence-corrected chi connectivity index (χ2v) is 3.66. The van der Waals surface area contributed by atoms with Crippen LogP contribution in [-0.4, -0.2) is 17.7 Å². The zero-order valence-corrected chi connectivity index (χ0v) is 8.39. The lowest BCUT2D eigenvalue weighted by Gasteiger charge is -2.08. The minimum absolute atomic E-state index is 0.199. The van der Waals surface area contributed by atoms with Crippen molar-refractivity contribution in [2.24, 2.45) is 0 Å². The summed E-state index contributed by atoms with van der Waals surface area (Å²) in [6, 6.07) is 1.78. The molecule has 1 aliphatic heterocycles. The van der Waals surface area contributed by atoms with Gasteiger partial charge in [-0.25, -0.2) is 4.79 Å². The lowest BCUT2D eigenvalue weighted by molar-refractivity contribution is 0.0692. The quantitative estimate of drug-likeness (QED) is 0.777. The molecule has 14 heavy (non-hydrogen) atoms. The SMILES string of the molecule is Cc1c(Cl)cc2c(c1C(=O)O)OCC2. The molecule has 0 saturated carbocycles. The molecule has 1 aromatic carbocycles. The molecule has 1 heterocycles. The van der Waals surface area contributed by atoms with Crippen LogP contribution < -0.4 is 4.74 Å². The van der Waals surface area contributed by atoms with Gasteiger partial charge in [0.2, 0.25) is 0 Å². The van der Waals surface area contributed by atoms with Crippen LogP contribution in [0.4, 0.5) is 0 Å². The van der Waals surface area contributed by atoms with E-state index in [-0.39, 0.29) is 5.56 Å². The third kappa shape index (κ3) is 1.24. The average Bonchev–Trinajstić information content (AvgIpc) is 2.52. The molecule has 0 spiro atoms. The van der Waals surface area contributed by atoms with E-state index in [0.29, 0.717) is 22.9 Å². The maximum atomic E-state index is 11.0. The Kier molecular flexibility index (Phi) is 2.11. The molecular formula is C10H9ClO3. The number of carboxylic acid groups (broad SMARTS) is 1. The lowest BCUT2D eigenvalue weighted by Crippen LogP contribution is -2.03. The molecule has 0 unspecified atom stereocenters. The van der Waals surface area contributed by atoms with E-state index >= 15 is 0 Å². The zero-order chi connectivity index (χ0) is 10.3. The van der Waals surface area contributed by atoms with Gasteiger partial charge in [-0.1, -0.05) is 11.6 Å². The Morgan fingerprint density at radius 3 is 3.00 bits per heavy atom. The number of ether oxygens (including phenoxy) is 1. The number of rotatable bonds is 1. The molecular weight excluding hydrogens is 204 g/mol. The van der Waals surface area contributed by atoms with Gasteiger partial charge in [-0.2, -0.15) is 0 Å². The van der Waals surface area contributed by atoms with Gasteiger partial charge >= 0.3 is 5.97 Å². The first-order valence-electron chi connectivity index (χ1n) is 4.29. The number of fused-ring (bicyclic) bond motifs is 1. The molecule has 1 aliphatic rings. The van der Waals surface area contributed by atoms with Gasteiger partial charge in [-0.15, -0.1) is 0 Å². The maximum absolute atomic E-state index is 11.0. The summed E-state index contributed by atoms with van der Waals surface area (Å²) in [5, 5.41) is 9.51. The fraction of sp³-hybridized carbons (Fsp3) is 0.300. The van der Waals surface area contributed by atoms with Crippen LogP contribution >= 0.6 is 11.6 Å². The standard InChI is InChI=1S/C10H9ClO3/c1-5-7(11)4-6-2-3-14-9(6)8(5)10(12)13/h4H,2-3H2,1H3,(H,12,13). The summed E-state index contributed by atoms with van der Waals surface area (Å²) in [4.78, 5) is 11.0. The number of benzene rings is 1. The van der Waals surface area contributed by atoms with Crippen LogP contribution in [0.3, 0.4) is 0 Å². The van der Waals surface area contributed by atoms with Gasteiger partial charge in [0.25, 0.3) is 0 Å². The Morgan fingerprint density at radius 1 is 1.64 bits per heavy atom. The molecule has 0 bridgehead atoms. The predicted octanol–water partition coefficient (Wildman–Crippen LogP) is 2.28. The fourth-order valence-corrected chi connectivity index (χ4v) is 1.87. The van der Waals surface area contributed by atoms with Crippen LogP contribution in [-0.2, 0) is 6.42 Å². The van der Waals surface area contributed by atoms with Crippen molar-refractivity contribution in [2.45, 2.75) is 13.3 Å². The van der Waals surface area contributed by atoms with E-state index in [9.17, 15) is 4.79 Å². The second kappa shape index (κ2) is 3.17. The summed E-state index contributed by atoms with van der Waals surface area (Å²) in [7, 11) is 0. The number of hydrogen-bond acceptors (Lipinski definition) is 2. The summed E-state index contributed by atoms with van der Waals surface area (Å²) < 4.78 is 5.29. The number of aromatic carboxylic acids is 1. The summed E-state index contributed by atoms with van der Waals surface area (Å²) in [5.41, 5.74) is 1.66. The van der Waals surface area contributed by atoms with Crippen LogP contribution in [0, 0.1) is 6.92 Å². The van der Waals surface area contributed by atoms with Gasteiger partial charge in [0, 0.05) is 11.4 Å². The van der Waals surface area contributed by atoms with Gasteiger partial charge < -0.3 is 9.84 Å². The van der Waals surface area contributed by atoms with Crippen molar-refractivity contribution in [3.05, 3.63) is 27.8 Å². The van der Waals surface area contributed by atoms with Crippen molar-refractivity contribution in [2.75, 3.05) is 6.61 Å². The minimum atomic E-state index is -0.983. The second-order valence-electron chi connectivity index (χ2n) is 3.25. The van der Waals surface area contributed by atoms with Crippen LogP contribution in [0.5, 0.6) is 5.75 Å². The summed E-state index contributed by atoms with van der Waals surface area (Å²) in [6.45, 7) is 2.23. The average molecular weight is 213 g/mol. The zero-order valence-electron chi connectivity index (χ0n) is 7.63. The van der Waals surface area contributed by atoms with Gasteiger partial charge in [0.1, 0.15) is 11.3 Å². The summed E-state index contributed by atoms with van der Waals surface area (Å²) >= 11 is 5.92. The Balaban J connectivity index is 2.72. The number of carbonyl (C=O) groups is 1. The van der Waals surface area contributed by atoms with Crippen LogP contribution in [0.25, 0.3) is 0 Å². The first kappa shape index (κ1) is 9.34. The Hall–Kier alpha value is -1.22. The maximum Gasteiger partial charge on any atom is 0.339 e. The molecule has 4 heteroatoms. The van der Waals surface area contributed by atoms with Crippen LogP contribution in [0.2, 0.25) is 5.02 Å². The smallest absolute Gasteiger partial charge is 0.339 e. The molecule has 0 amide bonds. The topological polar surface area (TPSA) is 46.5 Å². The highest BCUT2D eigenvalue weighted by atomic mass is 35.5. The highest BCUT2D eigenvalue weighted by molar-refractivity contribution is 6.32. The number of halogens is 1. The van der Waals surface area contributed by atoms with Crippen LogP contribution in [0.1, 0.15) is 21.5 Å². The number of hydrogen-bond donors (Lipinski definition) is 1. The molecule has 0 atom stereocenters. The largest absolute Gasteiger partial charge is 0.492 e. The third-order valence-corrected chi connectivity index (χ3v) is 2.78. The van der Waals surface area contributed by atoms with E-state index in [1.54, 1.807) is 13.0 Å². The highest BCUT2D eigenvalue weighted by Crippen LogP contribution is 2.35. The molecule has 2 rings (SSSR count). The summed E-state index contributed by atoms with van der Waals surface area (Å²) in [5.74, 6) is -0.498. The van der Waals surface area contributed by atoms with Gasteiger partial charge in [0.05, 0.1) is 6.61 Å². The van der Waals surface area contributed by atoms with E-state index in [0.717, 1.165) is 12.0 Å². The molecule has 0 aromatic heterocycles. The van der Waals surface area contributed by atoms with Crippen LogP contribution in [0.15, 0.2) is 6.07 Å². The normalized spacial score (nSPS) is 13.6. The minimum Gasteiger partial charge on any atom is -0.492 e. The first-order chi connectivity index (χ1) is 6.61. The Bertz CT molecular complexity index is 412. The van der Waals surface area contributed by atoms with E-state index in [2.05, 4.69) is 0 Å². The Morgan fingerprint density at radius 2 is 2.36 bits per heavy atom. The van der Waals surface area contributed by atoms with Gasteiger partial charge in [0.15, 0.2) is 0 Å². The predicted molar refractivity (Wildman–Crippen MR) is 52.3 cm³/mol. The molecule has 0 fully saturated rings. The van der Waals surface area contributed by atoms with Crippen molar-refractivity contribution in [1.82, 2.24) is 0 Å². The molecule has 0 saturated heterocycles. The monoisotopic (exact) mass is 212 g/mol. The molecule has 1 N–H and O–H groups in total. The molecule has 1 aromatic rings. The van der Waals surface area contributed by atoms with Crippen molar-refractivity contribution in [1.29, 1.82) is 0 Å². The first-order valence-corrected chi connectivity index (χ1v) is 4.67. The van der Waals surface area contributed by atoms with E-state index in [1.165, 1.54) is 0 Å². The summed E-state index contributed by atoms with van der Waals surface area (Å²) in [6.07, 6.45) is 0.732. The van der Waals surface area contributed by atoms with Crippen molar-refractivity contribution in [3.63, 3.8) is 0 Å². The van der Waals surface area contributed by atoms with E-state index < -0.39 is 5.97 Å². The van der Waals surface area contributed by atoms with Gasteiger partial charge in [-0.05, 0) is 24.1 Å². The molecule has 0 radical (unpaired) electrons. The molecule has 0 aliphatic carbocycles. The van der Waals surface area contributed by atoms with Crippen molar-refractivity contribution >= 4 is 17.6 Å². The lowest BCUT2D eigenvalue weighted by atomic mass is 10.0. The number of carboxylic acids is 1. The molecule has 74 valence electrons. The third-order valence-electron chi connectivity index (χ3n) is 2.38. The Labute approximate surface area is 86.3 Å². The van der Waals surface area contributed by atoms with E-state index in [4.69, 9.17) is 21.4 Å². The van der Waals surface area contributed by atoms with Crippen molar-refractivity contribution in [3.8, 4) is 5.75 Å².